The van der Waals surface area contributed by atoms with E-state index in [1.165, 1.54) is 18.2 Å². The van der Waals surface area contributed by atoms with Gasteiger partial charge >= 0.3 is 0 Å². The van der Waals surface area contributed by atoms with Crippen LogP contribution >= 0.6 is 0 Å². The van der Waals surface area contributed by atoms with Crippen LogP contribution in [0, 0.1) is 0 Å². The van der Waals surface area contributed by atoms with Gasteiger partial charge in [-0.3, -0.25) is 9.69 Å². The second-order valence-corrected chi connectivity index (χ2v) is 5.19. The maximum absolute atomic E-state index is 11.9. The highest BCUT2D eigenvalue weighted by Crippen LogP contribution is 2.28. The first-order valence-electron chi connectivity index (χ1n) is 7.09. The Morgan fingerprint density at radius 2 is 1.77 bits per heavy atom. The van der Waals surface area contributed by atoms with Gasteiger partial charge in [0.25, 0.3) is 0 Å². The minimum Gasteiger partial charge on any atom is -0.508 e. The van der Waals surface area contributed by atoms with E-state index in [-0.39, 0.29) is 11.5 Å². The molecule has 0 bridgehead atoms. The molecular formula is C16H17NO5. The van der Waals surface area contributed by atoms with Crippen LogP contribution in [0.3, 0.4) is 0 Å². The van der Waals surface area contributed by atoms with Gasteiger partial charge in [0, 0.05) is 24.7 Å². The molecule has 116 valence electrons. The van der Waals surface area contributed by atoms with Gasteiger partial charge in [-0.25, -0.2) is 0 Å². The van der Waals surface area contributed by atoms with Crippen molar-refractivity contribution >= 4 is 0 Å². The molecule has 3 rings (SSSR count). The largest absolute Gasteiger partial charge is 0.508 e. The first-order valence-corrected chi connectivity index (χ1v) is 7.09. The second-order valence-electron chi connectivity index (χ2n) is 5.19. The number of rotatable bonds is 3. The molecule has 1 aliphatic rings. The summed E-state index contributed by atoms with van der Waals surface area (Å²) < 4.78 is 11.0. The summed E-state index contributed by atoms with van der Waals surface area (Å²) in [6.45, 7) is 3.36. The third-order valence-electron chi connectivity index (χ3n) is 3.59. The Hall–Kier alpha value is -2.31. The molecule has 2 heterocycles. The maximum atomic E-state index is 11.9. The number of nitrogens with zero attached hydrogens (tertiary/aromatic N) is 1. The van der Waals surface area contributed by atoms with Crippen LogP contribution in [0.4, 0.5) is 0 Å². The average Bonchev–Trinajstić information content (AvgIpc) is 2.53. The second kappa shape index (κ2) is 6.21. The molecule has 1 saturated heterocycles. The number of hydrogen-bond acceptors (Lipinski definition) is 6. The third kappa shape index (κ3) is 3.13. The van der Waals surface area contributed by atoms with E-state index in [0.717, 1.165) is 13.1 Å². The molecule has 0 spiro atoms. The molecule has 1 aromatic heterocycles. The molecule has 0 aliphatic carbocycles. The maximum Gasteiger partial charge on any atom is 0.227 e. The van der Waals surface area contributed by atoms with Crippen molar-refractivity contribution in [2.45, 2.75) is 6.54 Å². The molecule has 0 radical (unpaired) electrons. The van der Waals surface area contributed by atoms with E-state index >= 15 is 0 Å². The quantitative estimate of drug-likeness (QED) is 0.895. The van der Waals surface area contributed by atoms with Gasteiger partial charge in [0.1, 0.15) is 11.5 Å². The Labute approximate surface area is 127 Å². The number of morpholine rings is 1. The van der Waals surface area contributed by atoms with Crippen LogP contribution in [0.2, 0.25) is 0 Å². The van der Waals surface area contributed by atoms with E-state index in [0.29, 0.717) is 31.1 Å². The lowest BCUT2D eigenvalue weighted by Gasteiger charge is -2.26. The van der Waals surface area contributed by atoms with Crippen LogP contribution < -0.4 is 5.43 Å². The fourth-order valence-electron chi connectivity index (χ4n) is 2.40. The first kappa shape index (κ1) is 14.6. The summed E-state index contributed by atoms with van der Waals surface area (Å²) in [6.07, 6.45) is 0. The minimum atomic E-state index is -0.474. The Morgan fingerprint density at radius 3 is 2.45 bits per heavy atom. The zero-order valence-electron chi connectivity index (χ0n) is 12.0. The monoisotopic (exact) mass is 303 g/mol. The molecule has 0 atom stereocenters. The fraction of sp³-hybridized carbons (Fsp3) is 0.312. The molecule has 0 amide bonds. The van der Waals surface area contributed by atoms with E-state index in [9.17, 15) is 15.0 Å². The van der Waals surface area contributed by atoms with E-state index in [1.54, 1.807) is 12.1 Å². The van der Waals surface area contributed by atoms with Crippen LogP contribution in [-0.2, 0) is 11.3 Å². The van der Waals surface area contributed by atoms with Crippen LogP contribution in [0.5, 0.6) is 11.5 Å². The predicted molar refractivity (Wildman–Crippen MR) is 79.8 cm³/mol. The molecule has 1 aromatic carbocycles. The van der Waals surface area contributed by atoms with E-state index in [2.05, 4.69) is 4.90 Å². The summed E-state index contributed by atoms with van der Waals surface area (Å²) >= 11 is 0. The van der Waals surface area contributed by atoms with Crippen molar-refractivity contribution in [1.29, 1.82) is 0 Å². The van der Waals surface area contributed by atoms with Crippen molar-refractivity contribution in [3.05, 3.63) is 46.3 Å². The molecule has 6 nitrogen and oxygen atoms in total. The number of benzene rings is 1. The normalized spacial score (nSPS) is 15.8. The van der Waals surface area contributed by atoms with Crippen LogP contribution in [-0.4, -0.2) is 41.4 Å². The van der Waals surface area contributed by atoms with Crippen molar-refractivity contribution in [3.8, 4) is 22.8 Å². The highest BCUT2D eigenvalue weighted by molar-refractivity contribution is 5.64. The average molecular weight is 303 g/mol. The molecule has 0 saturated carbocycles. The molecule has 2 aromatic rings. The smallest absolute Gasteiger partial charge is 0.227 e. The lowest BCUT2D eigenvalue weighted by molar-refractivity contribution is 0.0311. The van der Waals surface area contributed by atoms with Gasteiger partial charge in [-0.2, -0.15) is 0 Å². The molecule has 2 N–H and O–H groups in total. The Balaban J connectivity index is 1.92. The minimum absolute atomic E-state index is 0.107. The van der Waals surface area contributed by atoms with Crippen LogP contribution in [0.25, 0.3) is 11.3 Å². The van der Waals surface area contributed by atoms with Gasteiger partial charge in [-0.05, 0) is 24.3 Å². The van der Waals surface area contributed by atoms with E-state index in [1.807, 2.05) is 0 Å². The summed E-state index contributed by atoms with van der Waals surface area (Å²) in [5.74, 6) is 0.301. The van der Waals surface area contributed by atoms with E-state index < -0.39 is 11.2 Å². The van der Waals surface area contributed by atoms with Gasteiger partial charge in [0.2, 0.25) is 11.2 Å². The zero-order chi connectivity index (χ0) is 15.5. The van der Waals surface area contributed by atoms with Gasteiger partial charge in [0.05, 0.1) is 19.8 Å². The summed E-state index contributed by atoms with van der Waals surface area (Å²) in [5.41, 5.74) is 0.0637. The topological polar surface area (TPSA) is 83.1 Å². The summed E-state index contributed by atoms with van der Waals surface area (Å²) in [5, 5.41) is 19.3. The molecule has 0 unspecified atom stereocenters. The standard InChI is InChI=1S/C16H17NO5/c18-12-3-1-11(2-4-12)16-15(20)14(19)9-13(22-16)10-17-5-7-21-8-6-17/h1-4,9,18,20H,5-8,10H2. The molecule has 22 heavy (non-hydrogen) atoms. The Morgan fingerprint density at radius 1 is 1.09 bits per heavy atom. The van der Waals surface area contributed by atoms with Gasteiger partial charge in [0.15, 0.2) is 5.76 Å². The van der Waals surface area contributed by atoms with Crippen molar-refractivity contribution in [2.24, 2.45) is 0 Å². The summed E-state index contributed by atoms with van der Waals surface area (Å²) in [4.78, 5) is 14.1. The molecule has 1 fully saturated rings. The highest BCUT2D eigenvalue weighted by atomic mass is 16.5. The predicted octanol–water partition coefficient (Wildman–Crippen LogP) is 1.55. The third-order valence-corrected chi connectivity index (χ3v) is 3.59. The number of ether oxygens (including phenoxy) is 1. The summed E-state index contributed by atoms with van der Waals surface area (Å²) in [6, 6.07) is 7.44. The molecule has 1 aliphatic heterocycles. The number of aromatic hydroxyl groups is 2. The number of phenols is 1. The van der Waals surface area contributed by atoms with Gasteiger partial charge in [-0.15, -0.1) is 0 Å². The first-order chi connectivity index (χ1) is 10.6. The van der Waals surface area contributed by atoms with Gasteiger partial charge < -0.3 is 19.4 Å². The highest BCUT2D eigenvalue weighted by Gasteiger charge is 2.17. The molecule has 6 heteroatoms. The van der Waals surface area contributed by atoms with Crippen molar-refractivity contribution in [3.63, 3.8) is 0 Å². The van der Waals surface area contributed by atoms with Crippen molar-refractivity contribution < 1.29 is 19.4 Å². The summed E-state index contributed by atoms with van der Waals surface area (Å²) in [7, 11) is 0. The fourth-order valence-corrected chi connectivity index (χ4v) is 2.40. The SMILES string of the molecule is O=c1cc(CN2CCOCC2)oc(-c2ccc(O)cc2)c1O. The van der Waals surface area contributed by atoms with Crippen molar-refractivity contribution in [1.82, 2.24) is 4.90 Å². The Bertz CT molecular complexity index is 701. The van der Waals surface area contributed by atoms with Crippen LogP contribution in [0.15, 0.2) is 39.5 Å². The van der Waals surface area contributed by atoms with Crippen LogP contribution in [0.1, 0.15) is 5.76 Å². The van der Waals surface area contributed by atoms with Crippen molar-refractivity contribution in [2.75, 3.05) is 26.3 Å². The molecular weight excluding hydrogens is 286 g/mol. The Kier molecular flexibility index (Phi) is 4.13. The lowest BCUT2D eigenvalue weighted by Crippen LogP contribution is -2.35. The van der Waals surface area contributed by atoms with Gasteiger partial charge in [-0.1, -0.05) is 0 Å². The lowest BCUT2D eigenvalue weighted by atomic mass is 10.1. The number of phenolic OH excluding ortho intramolecular Hbond substituents is 1. The number of hydrogen-bond donors (Lipinski definition) is 2. The van der Waals surface area contributed by atoms with E-state index in [4.69, 9.17) is 9.15 Å². The zero-order valence-corrected chi connectivity index (χ0v) is 12.0.